The fourth-order valence-electron chi connectivity index (χ4n) is 1.95. The summed E-state index contributed by atoms with van der Waals surface area (Å²) in [6.07, 6.45) is 1.02. The van der Waals surface area contributed by atoms with Gasteiger partial charge >= 0.3 is 0 Å². The van der Waals surface area contributed by atoms with Crippen molar-refractivity contribution in [1.29, 1.82) is 0 Å². The van der Waals surface area contributed by atoms with E-state index >= 15 is 0 Å². The Morgan fingerprint density at radius 1 is 1.24 bits per heavy atom. The summed E-state index contributed by atoms with van der Waals surface area (Å²) in [7, 11) is 0. The summed E-state index contributed by atoms with van der Waals surface area (Å²) in [4.78, 5) is 4.68. The molecule has 0 spiro atoms. The van der Waals surface area contributed by atoms with Gasteiger partial charge in [0.2, 0.25) is 0 Å². The molecule has 1 aliphatic rings. The Labute approximate surface area is 104 Å². The summed E-state index contributed by atoms with van der Waals surface area (Å²) in [5, 5.41) is 0. The van der Waals surface area contributed by atoms with E-state index in [9.17, 15) is 0 Å². The Bertz CT molecular complexity index is 458. The van der Waals surface area contributed by atoms with Crippen LogP contribution in [0.2, 0.25) is 0 Å². The molecule has 1 aromatic rings. The normalized spacial score (nSPS) is 18.1. The van der Waals surface area contributed by atoms with E-state index in [0.29, 0.717) is 0 Å². The van der Waals surface area contributed by atoms with E-state index in [2.05, 4.69) is 51.7 Å². The van der Waals surface area contributed by atoms with Gasteiger partial charge in [0.1, 0.15) is 5.60 Å². The van der Waals surface area contributed by atoms with E-state index in [-0.39, 0.29) is 11.0 Å². The Kier molecular flexibility index (Phi) is 2.76. The van der Waals surface area contributed by atoms with E-state index in [1.807, 2.05) is 12.1 Å². The summed E-state index contributed by atoms with van der Waals surface area (Å²) in [6, 6.07) is 8.22. The highest BCUT2D eigenvalue weighted by Gasteiger charge is 2.36. The quantitative estimate of drug-likeness (QED) is 0.738. The maximum Gasteiger partial charge on any atom is 0.195 e. The van der Waals surface area contributed by atoms with Crippen LogP contribution in [0.3, 0.4) is 0 Å². The third-order valence-corrected chi connectivity index (χ3v) is 3.59. The van der Waals surface area contributed by atoms with Gasteiger partial charge in [0.05, 0.1) is 5.69 Å². The SMILES string of the molecule is CCC(C)(C)C1=Nc2ccccc2C(C)(C)O1. The summed E-state index contributed by atoms with van der Waals surface area (Å²) < 4.78 is 6.11. The Morgan fingerprint density at radius 3 is 2.53 bits per heavy atom. The van der Waals surface area contributed by atoms with Gasteiger partial charge in [-0.05, 0) is 26.3 Å². The second kappa shape index (κ2) is 3.86. The molecule has 0 saturated carbocycles. The number of ether oxygens (including phenoxy) is 1. The maximum atomic E-state index is 6.11. The fraction of sp³-hybridized carbons (Fsp3) is 0.533. The van der Waals surface area contributed by atoms with Crippen LogP contribution < -0.4 is 0 Å². The van der Waals surface area contributed by atoms with Gasteiger partial charge in [-0.3, -0.25) is 0 Å². The van der Waals surface area contributed by atoms with Gasteiger partial charge in [-0.25, -0.2) is 4.99 Å². The van der Waals surface area contributed by atoms with Crippen molar-refractivity contribution in [2.45, 2.75) is 46.6 Å². The van der Waals surface area contributed by atoms with Crippen molar-refractivity contribution in [3.63, 3.8) is 0 Å². The third kappa shape index (κ3) is 2.08. The lowest BCUT2D eigenvalue weighted by atomic mass is 9.87. The zero-order chi connectivity index (χ0) is 12.7. The number of hydrogen-bond acceptors (Lipinski definition) is 2. The smallest absolute Gasteiger partial charge is 0.195 e. The molecule has 2 heteroatoms. The summed E-state index contributed by atoms with van der Waals surface area (Å²) in [6.45, 7) is 10.7. The molecule has 0 amide bonds. The van der Waals surface area contributed by atoms with Crippen LogP contribution in [0, 0.1) is 5.41 Å². The molecule has 0 aromatic heterocycles. The molecule has 0 fully saturated rings. The minimum Gasteiger partial charge on any atom is -0.469 e. The number of fused-ring (bicyclic) bond motifs is 1. The summed E-state index contributed by atoms with van der Waals surface area (Å²) in [5.41, 5.74) is 1.90. The molecule has 1 aliphatic heterocycles. The molecule has 1 aromatic carbocycles. The van der Waals surface area contributed by atoms with E-state index in [1.54, 1.807) is 0 Å². The number of para-hydroxylation sites is 1. The first kappa shape index (κ1) is 12.2. The zero-order valence-corrected chi connectivity index (χ0v) is 11.4. The Morgan fingerprint density at radius 2 is 1.88 bits per heavy atom. The maximum absolute atomic E-state index is 6.11. The third-order valence-electron chi connectivity index (χ3n) is 3.59. The Balaban J connectivity index is 2.53. The van der Waals surface area contributed by atoms with Crippen LogP contribution in [0.5, 0.6) is 0 Å². The zero-order valence-electron chi connectivity index (χ0n) is 11.4. The van der Waals surface area contributed by atoms with E-state index in [0.717, 1.165) is 23.6 Å². The first-order chi connectivity index (χ1) is 7.87. The molecule has 0 N–H and O–H groups in total. The summed E-state index contributed by atoms with van der Waals surface area (Å²) >= 11 is 0. The predicted octanol–water partition coefficient (Wildman–Crippen LogP) is 4.42. The number of rotatable bonds is 2. The number of nitrogens with zero attached hydrogens (tertiary/aromatic N) is 1. The molecular formula is C15H21NO. The van der Waals surface area contributed by atoms with Gasteiger partial charge in [-0.1, -0.05) is 39.0 Å². The van der Waals surface area contributed by atoms with Crippen LogP contribution >= 0.6 is 0 Å². The second-order valence-electron chi connectivity index (χ2n) is 5.78. The molecule has 0 atom stereocenters. The van der Waals surface area contributed by atoms with Crippen molar-refractivity contribution in [2.75, 3.05) is 0 Å². The lowest BCUT2D eigenvalue weighted by molar-refractivity contribution is 0.0706. The highest BCUT2D eigenvalue weighted by atomic mass is 16.5. The van der Waals surface area contributed by atoms with Crippen molar-refractivity contribution in [3.05, 3.63) is 29.8 Å². The number of hydrogen-bond donors (Lipinski definition) is 0. The number of aliphatic imine (C=N–C) groups is 1. The Hall–Kier alpha value is -1.31. The van der Waals surface area contributed by atoms with Crippen molar-refractivity contribution in [3.8, 4) is 0 Å². The average Bonchev–Trinajstić information content (AvgIpc) is 2.28. The van der Waals surface area contributed by atoms with Crippen LogP contribution in [0.25, 0.3) is 0 Å². The van der Waals surface area contributed by atoms with E-state index < -0.39 is 0 Å². The van der Waals surface area contributed by atoms with Crippen molar-refractivity contribution in [1.82, 2.24) is 0 Å². The monoisotopic (exact) mass is 231 g/mol. The van der Waals surface area contributed by atoms with E-state index in [4.69, 9.17) is 4.74 Å². The molecule has 17 heavy (non-hydrogen) atoms. The van der Waals surface area contributed by atoms with Gasteiger partial charge in [-0.15, -0.1) is 0 Å². The van der Waals surface area contributed by atoms with Crippen LogP contribution in [-0.2, 0) is 10.3 Å². The first-order valence-corrected chi connectivity index (χ1v) is 6.24. The molecule has 0 saturated heterocycles. The lowest BCUT2D eigenvalue weighted by Gasteiger charge is -2.37. The van der Waals surface area contributed by atoms with Crippen LogP contribution in [-0.4, -0.2) is 5.90 Å². The van der Waals surface area contributed by atoms with Gasteiger partial charge in [0.25, 0.3) is 0 Å². The van der Waals surface area contributed by atoms with Crippen molar-refractivity contribution < 1.29 is 4.74 Å². The molecule has 0 aliphatic carbocycles. The van der Waals surface area contributed by atoms with Crippen LogP contribution in [0.1, 0.15) is 46.6 Å². The highest BCUT2D eigenvalue weighted by molar-refractivity contribution is 5.87. The minimum atomic E-state index is -0.292. The second-order valence-corrected chi connectivity index (χ2v) is 5.78. The molecule has 2 rings (SSSR count). The largest absolute Gasteiger partial charge is 0.469 e. The minimum absolute atomic E-state index is 0.00913. The topological polar surface area (TPSA) is 21.6 Å². The van der Waals surface area contributed by atoms with Gasteiger partial charge < -0.3 is 4.74 Å². The first-order valence-electron chi connectivity index (χ1n) is 6.24. The van der Waals surface area contributed by atoms with Gasteiger partial charge in [0, 0.05) is 11.0 Å². The molecule has 0 radical (unpaired) electrons. The number of benzene rings is 1. The molecule has 2 nitrogen and oxygen atoms in total. The van der Waals surface area contributed by atoms with E-state index in [1.165, 1.54) is 0 Å². The molecule has 1 heterocycles. The predicted molar refractivity (Wildman–Crippen MR) is 71.7 cm³/mol. The summed E-state index contributed by atoms with van der Waals surface area (Å²) in [5.74, 6) is 0.851. The molecular weight excluding hydrogens is 210 g/mol. The van der Waals surface area contributed by atoms with Gasteiger partial charge in [-0.2, -0.15) is 0 Å². The lowest BCUT2D eigenvalue weighted by Crippen LogP contribution is -2.36. The highest BCUT2D eigenvalue weighted by Crippen LogP contribution is 2.40. The average molecular weight is 231 g/mol. The van der Waals surface area contributed by atoms with Gasteiger partial charge in [0.15, 0.2) is 5.90 Å². The van der Waals surface area contributed by atoms with Crippen molar-refractivity contribution in [2.24, 2.45) is 10.4 Å². The van der Waals surface area contributed by atoms with Crippen LogP contribution in [0.15, 0.2) is 29.3 Å². The molecule has 0 bridgehead atoms. The van der Waals surface area contributed by atoms with Crippen LogP contribution in [0.4, 0.5) is 5.69 Å². The van der Waals surface area contributed by atoms with Crippen molar-refractivity contribution >= 4 is 11.6 Å². The standard InChI is InChI=1S/C15H21NO/c1-6-14(2,3)13-16-12-10-8-7-9-11(12)15(4,5)17-13/h7-10H,6H2,1-5H3. The fourth-order valence-corrected chi connectivity index (χ4v) is 1.95. The molecule has 92 valence electrons. The molecule has 0 unspecified atom stereocenters.